The lowest BCUT2D eigenvalue weighted by atomic mass is 10.1. The van der Waals surface area contributed by atoms with Crippen LogP contribution in [0.1, 0.15) is 25.3 Å². The maximum absolute atomic E-state index is 13.1. The Morgan fingerprint density at radius 3 is 2.44 bits per heavy atom. The minimum Gasteiger partial charge on any atom is -0.357 e. The van der Waals surface area contributed by atoms with E-state index in [9.17, 15) is 18.0 Å². The summed E-state index contributed by atoms with van der Waals surface area (Å²) in [6.45, 7) is 2.05. The van der Waals surface area contributed by atoms with Gasteiger partial charge in [-0.15, -0.1) is 0 Å². The molecule has 0 aromatic heterocycles. The van der Waals surface area contributed by atoms with E-state index in [0.717, 1.165) is 16.3 Å². The molecule has 0 saturated heterocycles. The van der Waals surface area contributed by atoms with Gasteiger partial charge >= 0.3 is 0 Å². The fourth-order valence-electron chi connectivity index (χ4n) is 3.26. The second kappa shape index (κ2) is 11.7. The third-order valence-electron chi connectivity index (χ3n) is 4.90. The number of sulfonamides is 1. The molecule has 0 aliphatic heterocycles. The van der Waals surface area contributed by atoms with E-state index >= 15 is 0 Å². The number of hydrogen-bond acceptors (Lipinski definition) is 4. The Kier molecular flexibility index (Phi) is 9.54. The van der Waals surface area contributed by atoms with Crippen molar-refractivity contribution in [3.8, 4) is 0 Å². The van der Waals surface area contributed by atoms with Gasteiger partial charge < -0.3 is 10.2 Å². The standard InChI is InChI=1S/C22H27BrClN3O4S/c1-16(22(29)25-2)26(15-17-7-4-8-18(23)13-17)21(28)11-6-12-27(32(3,30)31)20-10-5-9-19(24)14-20/h4-5,7-10,13-14,16H,6,11-12,15H2,1-3H3,(H,25,29)/t16-/m1/s1. The van der Waals surface area contributed by atoms with Gasteiger partial charge in [0.25, 0.3) is 0 Å². The van der Waals surface area contributed by atoms with E-state index in [0.29, 0.717) is 10.7 Å². The molecule has 0 spiro atoms. The Labute approximate surface area is 202 Å². The third kappa shape index (κ3) is 7.50. The molecule has 174 valence electrons. The number of halogens is 2. The first-order valence-electron chi connectivity index (χ1n) is 10.0. The van der Waals surface area contributed by atoms with Crippen molar-refractivity contribution in [1.29, 1.82) is 0 Å². The quantitative estimate of drug-likeness (QED) is 0.493. The lowest BCUT2D eigenvalue weighted by Crippen LogP contribution is -2.46. The van der Waals surface area contributed by atoms with E-state index in [2.05, 4.69) is 21.2 Å². The Hall–Kier alpha value is -2.10. The molecule has 0 radical (unpaired) electrons. The van der Waals surface area contributed by atoms with Crippen LogP contribution in [0.4, 0.5) is 5.69 Å². The van der Waals surface area contributed by atoms with E-state index in [-0.39, 0.29) is 37.7 Å². The van der Waals surface area contributed by atoms with Crippen molar-refractivity contribution in [2.45, 2.75) is 32.4 Å². The lowest BCUT2D eigenvalue weighted by molar-refractivity contribution is -0.140. The number of nitrogens with zero attached hydrogens (tertiary/aromatic N) is 2. The Morgan fingerprint density at radius 1 is 1.16 bits per heavy atom. The molecular weight excluding hydrogens is 518 g/mol. The van der Waals surface area contributed by atoms with E-state index in [1.165, 1.54) is 16.3 Å². The first-order valence-corrected chi connectivity index (χ1v) is 13.0. The summed E-state index contributed by atoms with van der Waals surface area (Å²) in [5, 5.41) is 3.00. The second-order valence-corrected chi connectivity index (χ2v) is 10.6. The van der Waals surface area contributed by atoms with Gasteiger partial charge in [-0.2, -0.15) is 0 Å². The maximum atomic E-state index is 13.1. The zero-order chi connectivity index (χ0) is 23.9. The molecule has 0 aliphatic carbocycles. The molecule has 32 heavy (non-hydrogen) atoms. The SMILES string of the molecule is CNC(=O)[C@@H](C)N(Cc1cccc(Br)c1)C(=O)CCCN(c1cccc(Cl)c1)S(C)(=O)=O. The Morgan fingerprint density at radius 2 is 1.84 bits per heavy atom. The van der Waals surface area contributed by atoms with Crippen LogP contribution in [0.5, 0.6) is 0 Å². The van der Waals surface area contributed by atoms with Gasteiger partial charge in [0.1, 0.15) is 6.04 Å². The van der Waals surface area contributed by atoms with Crippen LogP contribution >= 0.6 is 27.5 Å². The van der Waals surface area contributed by atoms with Gasteiger partial charge in [0.2, 0.25) is 21.8 Å². The molecule has 1 N–H and O–H groups in total. The van der Waals surface area contributed by atoms with Crippen molar-refractivity contribution in [2.24, 2.45) is 0 Å². The van der Waals surface area contributed by atoms with Gasteiger partial charge in [0.15, 0.2) is 0 Å². The highest BCUT2D eigenvalue weighted by Crippen LogP contribution is 2.23. The number of likely N-dealkylation sites (N-methyl/N-ethyl adjacent to an activating group) is 1. The fourth-order valence-corrected chi connectivity index (χ4v) is 4.85. The van der Waals surface area contributed by atoms with Gasteiger partial charge in [-0.25, -0.2) is 8.42 Å². The first kappa shape index (κ1) is 26.2. The molecule has 1 atom stereocenters. The first-order chi connectivity index (χ1) is 15.0. The number of hydrogen-bond donors (Lipinski definition) is 1. The second-order valence-electron chi connectivity index (χ2n) is 7.36. The predicted octanol–water partition coefficient (Wildman–Crippen LogP) is 3.81. The molecule has 7 nitrogen and oxygen atoms in total. The maximum Gasteiger partial charge on any atom is 0.242 e. The predicted molar refractivity (Wildman–Crippen MR) is 131 cm³/mol. The number of rotatable bonds is 10. The molecule has 2 aromatic rings. The molecule has 0 saturated carbocycles. The number of carbonyl (C=O) groups excluding carboxylic acids is 2. The molecule has 0 aliphatic rings. The molecule has 2 amide bonds. The van der Waals surface area contributed by atoms with Crippen LogP contribution in [-0.2, 0) is 26.2 Å². The zero-order valence-corrected chi connectivity index (χ0v) is 21.4. The van der Waals surface area contributed by atoms with Crippen molar-refractivity contribution >= 4 is 55.1 Å². The highest BCUT2D eigenvalue weighted by atomic mass is 79.9. The normalized spacial score (nSPS) is 12.2. The summed E-state index contributed by atoms with van der Waals surface area (Å²) in [5.74, 6) is -0.509. The number of carbonyl (C=O) groups is 2. The molecule has 0 fully saturated rings. The summed E-state index contributed by atoms with van der Waals surface area (Å²) >= 11 is 9.43. The summed E-state index contributed by atoms with van der Waals surface area (Å²) in [6.07, 6.45) is 1.48. The monoisotopic (exact) mass is 543 g/mol. The van der Waals surface area contributed by atoms with Gasteiger partial charge in [-0.3, -0.25) is 13.9 Å². The minimum atomic E-state index is -3.56. The van der Waals surface area contributed by atoms with Crippen LogP contribution in [-0.4, -0.2) is 51.0 Å². The van der Waals surface area contributed by atoms with Crippen molar-refractivity contribution in [2.75, 3.05) is 24.2 Å². The molecular formula is C22H27BrClN3O4S. The smallest absolute Gasteiger partial charge is 0.242 e. The minimum absolute atomic E-state index is 0.0852. The largest absolute Gasteiger partial charge is 0.357 e. The summed E-state index contributed by atoms with van der Waals surface area (Å²) in [7, 11) is -2.04. The summed E-state index contributed by atoms with van der Waals surface area (Å²) < 4.78 is 26.7. The van der Waals surface area contributed by atoms with Crippen LogP contribution < -0.4 is 9.62 Å². The van der Waals surface area contributed by atoms with Crippen molar-refractivity contribution < 1.29 is 18.0 Å². The average Bonchev–Trinajstić information content (AvgIpc) is 2.73. The number of anilines is 1. The van der Waals surface area contributed by atoms with Gasteiger partial charge in [-0.05, 0) is 49.2 Å². The van der Waals surface area contributed by atoms with Crippen LogP contribution in [0, 0.1) is 0 Å². The number of nitrogens with one attached hydrogen (secondary N) is 1. The zero-order valence-electron chi connectivity index (χ0n) is 18.2. The topological polar surface area (TPSA) is 86.8 Å². The summed E-state index contributed by atoms with van der Waals surface area (Å²) in [5.41, 5.74) is 1.32. The van der Waals surface area contributed by atoms with E-state index in [1.807, 2.05) is 24.3 Å². The highest BCUT2D eigenvalue weighted by molar-refractivity contribution is 9.10. The van der Waals surface area contributed by atoms with E-state index in [4.69, 9.17) is 11.6 Å². The molecule has 0 heterocycles. The summed E-state index contributed by atoms with van der Waals surface area (Å²) in [6, 6.07) is 13.4. The van der Waals surface area contributed by atoms with Gasteiger partial charge in [-0.1, -0.05) is 45.7 Å². The van der Waals surface area contributed by atoms with Crippen molar-refractivity contribution in [3.63, 3.8) is 0 Å². The fraction of sp³-hybridized carbons (Fsp3) is 0.364. The molecule has 0 bridgehead atoms. The van der Waals surface area contributed by atoms with E-state index in [1.54, 1.807) is 31.2 Å². The highest BCUT2D eigenvalue weighted by Gasteiger charge is 2.26. The van der Waals surface area contributed by atoms with Crippen molar-refractivity contribution in [1.82, 2.24) is 10.2 Å². The molecule has 2 aromatic carbocycles. The van der Waals surface area contributed by atoms with Crippen LogP contribution in [0.25, 0.3) is 0 Å². The van der Waals surface area contributed by atoms with Crippen LogP contribution in [0.15, 0.2) is 53.0 Å². The number of benzene rings is 2. The van der Waals surface area contributed by atoms with E-state index < -0.39 is 16.1 Å². The summed E-state index contributed by atoms with van der Waals surface area (Å²) in [4.78, 5) is 26.8. The van der Waals surface area contributed by atoms with Crippen LogP contribution in [0.3, 0.4) is 0 Å². The van der Waals surface area contributed by atoms with Crippen molar-refractivity contribution in [3.05, 3.63) is 63.6 Å². The number of amides is 2. The van der Waals surface area contributed by atoms with Gasteiger partial charge in [0.05, 0.1) is 11.9 Å². The van der Waals surface area contributed by atoms with Gasteiger partial charge in [0, 0.05) is 36.1 Å². The molecule has 0 unspecified atom stereocenters. The third-order valence-corrected chi connectivity index (χ3v) is 6.83. The van der Waals surface area contributed by atoms with Crippen LogP contribution in [0.2, 0.25) is 5.02 Å². The Bertz CT molecular complexity index is 1060. The molecule has 10 heteroatoms. The Balaban J connectivity index is 2.14. The average molecular weight is 545 g/mol. The lowest BCUT2D eigenvalue weighted by Gasteiger charge is -2.29. The molecule has 2 rings (SSSR count).